The predicted octanol–water partition coefficient (Wildman–Crippen LogP) is 2.91. The van der Waals surface area contributed by atoms with Gasteiger partial charge in [-0.15, -0.1) is 0 Å². The van der Waals surface area contributed by atoms with E-state index in [1.807, 2.05) is 37.3 Å². The van der Waals surface area contributed by atoms with Crippen molar-refractivity contribution in [1.29, 1.82) is 0 Å². The third kappa shape index (κ3) is 2.26. The van der Waals surface area contributed by atoms with E-state index < -0.39 is 0 Å². The van der Waals surface area contributed by atoms with E-state index in [0.717, 1.165) is 12.0 Å². The number of carbonyl (C=O) groups is 1. The topological polar surface area (TPSA) is 29.1 Å². The van der Waals surface area contributed by atoms with Crippen LogP contribution in [0.5, 0.6) is 0 Å². The summed E-state index contributed by atoms with van der Waals surface area (Å²) in [5.74, 6) is 0.403. The first kappa shape index (κ1) is 11.2. The molecule has 1 amide bonds. The highest BCUT2D eigenvalue weighted by molar-refractivity contribution is 5.82. The second-order valence-corrected chi connectivity index (χ2v) is 5.39. The Balaban J connectivity index is 1.94. The normalized spacial score (nSPS) is 23.6. The second-order valence-electron chi connectivity index (χ2n) is 5.39. The molecule has 2 heteroatoms. The van der Waals surface area contributed by atoms with Crippen LogP contribution >= 0.6 is 0 Å². The Morgan fingerprint density at radius 1 is 1.38 bits per heavy atom. The maximum atomic E-state index is 11.9. The zero-order valence-corrected chi connectivity index (χ0v) is 10.2. The van der Waals surface area contributed by atoms with Gasteiger partial charge in [-0.1, -0.05) is 44.2 Å². The zero-order valence-electron chi connectivity index (χ0n) is 10.2. The van der Waals surface area contributed by atoms with Crippen molar-refractivity contribution in [2.24, 2.45) is 11.3 Å². The molecule has 0 radical (unpaired) electrons. The maximum Gasteiger partial charge on any atom is 0.224 e. The van der Waals surface area contributed by atoms with Crippen LogP contribution in [0.4, 0.5) is 0 Å². The SMILES string of the molecule is C[C@@H](NC(=O)C1CC1(C)C)c1ccccc1. The summed E-state index contributed by atoms with van der Waals surface area (Å²) in [5, 5.41) is 3.07. The van der Waals surface area contributed by atoms with Gasteiger partial charge in [0.05, 0.1) is 6.04 Å². The second kappa shape index (κ2) is 3.93. The molecule has 1 saturated carbocycles. The molecule has 1 unspecified atom stereocenters. The fourth-order valence-corrected chi connectivity index (χ4v) is 2.05. The Morgan fingerprint density at radius 2 is 1.94 bits per heavy atom. The Labute approximate surface area is 97.1 Å². The van der Waals surface area contributed by atoms with Crippen molar-refractivity contribution in [3.63, 3.8) is 0 Å². The highest BCUT2D eigenvalue weighted by atomic mass is 16.2. The molecule has 0 heterocycles. The van der Waals surface area contributed by atoms with Crippen LogP contribution in [-0.4, -0.2) is 5.91 Å². The molecule has 1 N–H and O–H groups in total. The Hall–Kier alpha value is -1.31. The van der Waals surface area contributed by atoms with E-state index in [-0.39, 0.29) is 23.3 Å². The zero-order chi connectivity index (χ0) is 11.8. The molecular formula is C14H19NO. The fourth-order valence-electron chi connectivity index (χ4n) is 2.05. The van der Waals surface area contributed by atoms with Crippen LogP contribution in [0.15, 0.2) is 30.3 Å². The first-order valence-corrected chi connectivity index (χ1v) is 5.86. The van der Waals surface area contributed by atoms with E-state index in [1.165, 1.54) is 0 Å². The smallest absolute Gasteiger partial charge is 0.224 e. The fraction of sp³-hybridized carbons (Fsp3) is 0.500. The van der Waals surface area contributed by atoms with E-state index in [0.29, 0.717) is 0 Å². The van der Waals surface area contributed by atoms with E-state index in [4.69, 9.17) is 0 Å². The Morgan fingerprint density at radius 3 is 2.44 bits per heavy atom. The van der Waals surface area contributed by atoms with Gasteiger partial charge in [0.1, 0.15) is 0 Å². The molecule has 0 aliphatic heterocycles. The number of rotatable bonds is 3. The van der Waals surface area contributed by atoms with Crippen molar-refractivity contribution in [3.05, 3.63) is 35.9 Å². The summed E-state index contributed by atoms with van der Waals surface area (Å²) in [7, 11) is 0. The number of nitrogens with one attached hydrogen (secondary N) is 1. The van der Waals surface area contributed by atoms with Crippen LogP contribution in [0.2, 0.25) is 0 Å². The van der Waals surface area contributed by atoms with Crippen molar-refractivity contribution in [2.75, 3.05) is 0 Å². The van der Waals surface area contributed by atoms with Crippen LogP contribution in [-0.2, 0) is 4.79 Å². The van der Waals surface area contributed by atoms with Crippen molar-refractivity contribution >= 4 is 5.91 Å². The molecule has 0 bridgehead atoms. The largest absolute Gasteiger partial charge is 0.349 e. The van der Waals surface area contributed by atoms with Gasteiger partial charge in [-0.3, -0.25) is 4.79 Å². The average Bonchev–Trinajstić information content (AvgIpc) is 2.89. The molecule has 0 spiro atoms. The molecule has 1 aromatic rings. The van der Waals surface area contributed by atoms with Crippen molar-refractivity contribution < 1.29 is 4.79 Å². The molecule has 0 aromatic heterocycles. The number of benzene rings is 1. The number of hydrogen-bond donors (Lipinski definition) is 1. The first-order valence-electron chi connectivity index (χ1n) is 5.86. The van der Waals surface area contributed by atoms with E-state index in [1.54, 1.807) is 0 Å². The highest BCUT2D eigenvalue weighted by Crippen LogP contribution is 2.51. The highest BCUT2D eigenvalue weighted by Gasteiger charge is 2.50. The summed E-state index contributed by atoms with van der Waals surface area (Å²) in [6.07, 6.45) is 1.01. The molecule has 1 fully saturated rings. The lowest BCUT2D eigenvalue weighted by molar-refractivity contribution is -0.123. The molecule has 1 aliphatic carbocycles. The van der Waals surface area contributed by atoms with Gasteiger partial charge in [0.15, 0.2) is 0 Å². The van der Waals surface area contributed by atoms with Crippen molar-refractivity contribution in [3.8, 4) is 0 Å². The van der Waals surface area contributed by atoms with E-state index >= 15 is 0 Å². The quantitative estimate of drug-likeness (QED) is 0.828. The van der Waals surface area contributed by atoms with Gasteiger partial charge in [0.25, 0.3) is 0 Å². The lowest BCUT2D eigenvalue weighted by Gasteiger charge is -2.14. The number of hydrogen-bond acceptors (Lipinski definition) is 1. The first-order chi connectivity index (χ1) is 7.50. The molecule has 2 nitrogen and oxygen atoms in total. The molecule has 16 heavy (non-hydrogen) atoms. The standard InChI is InChI=1S/C14H19NO/c1-10(11-7-5-4-6-8-11)15-13(16)12-9-14(12,2)3/h4-8,10,12H,9H2,1-3H3,(H,15,16)/t10-,12?/m1/s1. The van der Waals surface area contributed by atoms with E-state index in [2.05, 4.69) is 19.2 Å². The lowest BCUT2D eigenvalue weighted by atomic mass is 10.1. The molecular weight excluding hydrogens is 198 g/mol. The number of amides is 1. The van der Waals surface area contributed by atoms with E-state index in [9.17, 15) is 4.79 Å². The molecule has 2 atom stereocenters. The summed E-state index contributed by atoms with van der Waals surface area (Å²) in [6, 6.07) is 10.2. The molecule has 0 saturated heterocycles. The van der Waals surface area contributed by atoms with Gasteiger partial charge < -0.3 is 5.32 Å². The minimum absolute atomic E-state index is 0.102. The van der Waals surface area contributed by atoms with Gasteiger partial charge in [0, 0.05) is 5.92 Å². The lowest BCUT2D eigenvalue weighted by Crippen LogP contribution is -2.29. The van der Waals surface area contributed by atoms with Crippen LogP contribution in [0.1, 0.15) is 38.8 Å². The van der Waals surface area contributed by atoms with Crippen molar-refractivity contribution in [1.82, 2.24) is 5.32 Å². The Bertz CT molecular complexity index is 383. The molecule has 1 aromatic carbocycles. The minimum atomic E-state index is 0.102. The van der Waals surface area contributed by atoms with Crippen LogP contribution < -0.4 is 5.32 Å². The van der Waals surface area contributed by atoms with Crippen LogP contribution in [0.25, 0.3) is 0 Å². The summed E-state index contributed by atoms with van der Waals surface area (Å²) >= 11 is 0. The summed E-state index contributed by atoms with van der Waals surface area (Å²) in [4.78, 5) is 11.9. The maximum absolute atomic E-state index is 11.9. The Kier molecular flexibility index (Phi) is 2.75. The van der Waals surface area contributed by atoms with Gasteiger partial charge >= 0.3 is 0 Å². The molecule has 86 valence electrons. The summed E-state index contributed by atoms with van der Waals surface area (Å²) in [5.41, 5.74) is 1.37. The molecule has 2 rings (SSSR count). The minimum Gasteiger partial charge on any atom is -0.349 e. The van der Waals surface area contributed by atoms with Crippen LogP contribution in [0, 0.1) is 11.3 Å². The van der Waals surface area contributed by atoms with Gasteiger partial charge in [-0.05, 0) is 24.3 Å². The van der Waals surface area contributed by atoms with Gasteiger partial charge in [-0.2, -0.15) is 0 Å². The summed E-state index contributed by atoms with van der Waals surface area (Å²) in [6.45, 7) is 6.32. The molecule has 1 aliphatic rings. The third-order valence-electron chi connectivity index (χ3n) is 3.49. The monoisotopic (exact) mass is 217 g/mol. The number of carbonyl (C=O) groups excluding carboxylic acids is 1. The van der Waals surface area contributed by atoms with Crippen LogP contribution in [0.3, 0.4) is 0 Å². The van der Waals surface area contributed by atoms with Gasteiger partial charge in [-0.25, -0.2) is 0 Å². The third-order valence-corrected chi connectivity index (χ3v) is 3.49. The summed E-state index contributed by atoms with van der Waals surface area (Å²) < 4.78 is 0. The van der Waals surface area contributed by atoms with Gasteiger partial charge in [0.2, 0.25) is 5.91 Å². The average molecular weight is 217 g/mol. The van der Waals surface area contributed by atoms with Crippen molar-refractivity contribution in [2.45, 2.75) is 33.2 Å². The predicted molar refractivity (Wildman–Crippen MR) is 64.9 cm³/mol.